The first-order valence-electron chi connectivity index (χ1n) is 10.6. The quantitative estimate of drug-likeness (QED) is 0.331. The Morgan fingerprint density at radius 2 is 1.58 bits per heavy atom. The number of aryl methyl sites for hydroxylation is 1. The summed E-state index contributed by atoms with van der Waals surface area (Å²) in [6.07, 6.45) is 0. The summed E-state index contributed by atoms with van der Waals surface area (Å²) in [7, 11) is 0. The maximum absolute atomic E-state index is 12.5. The predicted octanol–water partition coefficient (Wildman–Crippen LogP) is 6.10. The van der Waals surface area contributed by atoms with Crippen molar-refractivity contribution in [1.29, 1.82) is 0 Å². The van der Waals surface area contributed by atoms with Gasteiger partial charge in [0.05, 0.1) is 18.0 Å². The van der Waals surface area contributed by atoms with Crippen molar-refractivity contribution in [2.75, 3.05) is 5.75 Å². The molecule has 33 heavy (non-hydrogen) atoms. The van der Waals surface area contributed by atoms with Gasteiger partial charge in [-0.25, -0.2) is 0 Å². The van der Waals surface area contributed by atoms with Crippen LogP contribution in [0.2, 0.25) is 0 Å². The van der Waals surface area contributed by atoms with E-state index in [0.717, 1.165) is 27.3 Å². The third kappa shape index (κ3) is 4.69. The fourth-order valence-corrected chi connectivity index (χ4v) is 5.27. The topological polar surface area (TPSA) is 50.0 Å². The van der Waals surface area contributed by atoms with Crippen molar-refractivity contribution < 1.29 is 4.79 Å². The fraction of sp³-hybridized carbons (Fsp3) is 0.115. The van der Waals surface area contributed by atoms with Gasteiger partial charge in [0.1, 0.15) is 5.84 Å². The molecule has 0 saturated carbocycles. The van der Waals surface area contributed by atoms with E-state index in [9.17, 15) is 4.79 Å². The van der Waals surface area contributed by atoms with Crippen molar-refractivity contribution in [2.45, 2.75) is 13.5 Å². The van der Waals surface area contributed by atoms with Crippen molar-refractivity contribution in [3.8, 4) is 16.9 Å². The highest BCUT2D eigenvalue weighted by Gasteiger charge is 2.28. The number of hydrogen-bond acceptors (Lipinski definition) is 5. The molecule has 1 saturated heterocycles. The molecule has 1 aromatic heterocycles. The molecule has 0 radical (unpaired) electrons. The van der Waals surface area contributed by atoms with E-state index in [1.807, 2.05) is 48.5 Å². The van der Waals surface area contributed by atoms with E-state index in [0.29, 0.717) is 18.1 Å². The Labute approximate surface area is 200 Å². The van der Waals surface area contributed by atoms with Gasteiger partial charge >= 0.3 is 0 Å². The van der Waals surface area contributed by atoms with Gasteiger partial charge in [0.25, 0.3) is 5.24 Å². The number of carbonyl (C=O) groups excluding carboxylic acids is 1. The van der Waals surface area contributed by atoms with Gasteiger partial charge < -0.3 is 0 Å². The van der Waals surface area contributed by atoms with Crippen molar-refractivity contribution in [1.82, 2.24) is 9.47 Å². The molecule has 1 aliphatic rings. The summed E-state index contributed by atoms with van der Waals surface area (Å²) < 4.78 is 2.12. The number of hydrogen-bond donors (Lipinski definition) is 0. The van der Waals surface area contributed by atoms with Crippen LogP contribution >= 0.6 is 23.1 Å². The van der Waals surface area contributed by atoms with Crippen LogP contribution in [0.1, 0.15) is 11.1 Å². The van der Waals surface area contributed by atoms with Gasteiger partial charge in [0, 0.05) is 11.1 Å². The van der Waals surface area contributed by atoms with Crippen LogP contribution < -0.4 is 4.80 Å². The molecule has 4 aromatic rings. The molecule has 5 nitrogen and oxygen atoms in total. The molecular weight excluding hydrogens is 448 g/mol. The van der Waals surface area contributed by atoms with Crippen LogP contribution in [0.15, 0.2) is 101 Å². The van der Waals surface area contributed by atoms with Gasteiger partial charge in [0.2, 0.25) is 4.80 Å². The summed E-state index contributed by atoms with van der Waals surface area (Å²) >= 11 is 2.80. The number of nitrogens with zero attached hydrogens (tertiary/aromatic N) is 4. The zero-order chi connectivity index (χ0) is 22.6. The number of carbonyl (C=O) groups is 1. The number of thiazole rings is 1. The average Bonchev–Trinajstić information content (AvgIpc) is 3.43. The largest absolute Gasteiger partial charge is 0.287 e. The highest BCUT2D eigenvalue weighted by Crippen LogP contribution is 2.25. The van der Waals surface area contributed by atoms with Gasteiger partial charge in [-0.1, -0.05) is 90.1 Å². The van der Waals surface area contributed by atoms with Crippen LogP contribution in [-0.4, -0.2) is 26.3 Å². The summed E-state index contributed by atoms with van der Waals surface area (Å²) in [6.45, 7) is 2.58. The third-order valence-electron chi connectivity index (χ3n) is 5.36. The second-order valence-electron chi connectivity index (χ2n) is 7.68. The van der Waals surface area contributed by atoms with Crippen molar-refractivity contribution in [3.63, 3.8) is 0 Å². The molecule has 0 spiro atoms. The standard InChI is InChI=1S/C26H22N4OS2/c1-19-12-14-21(15-13-19)23-17-32-25(30(23)22-10-6-3-7-11-22)28-27-24-18-33-26(31)29(24)16-20-8-4-2-5-9-20/h2-15,17H,16,18H2,1H3/b27-24+,28-25+. The minimum absolute atomic E-state index is 0.00950. The van der Waals surface area contributed by atoms with Gasteiger partial charge in [0.15, 0.2) is 0 Å². The van der Waals surface area contributed by atoms with Crippen LogP contribution in [0.5, 0.6) is 0 Å². The Morgan fingerprint density at radius 1 is 0.879 bits per heavy atom. The van der Waals surface area contributed by atoms with Crippen LogP contribution in [-0.2, 0) is 6.54 Å². The van der Waals surface area contributed by atoms with Crippen molar-refractivity contribution >= 4 is 34.2 Å². The van der Waals surface area contributed by atoms with Crippen molar-refractivity contribution in [3.05, 3.63) is 106 Å². The van der Waals surface area contributed by atoms with Crippen LogP contribution in [0.4, 0.5) is 4.79 Å². The predicted molar refractivity (Wildman–Crippen MR) is 137 cm³/mol. The number of rotatable bonds is 5. The first-order valence-corrected chi connectivity index (χ1v) is 12.5. The smallest absolute Gasteiger partial charge is 0.284 e. The lowest BCUT2D eigenvalue weighted by Gasteiger charge is -2.15. The number of thioether (sulfide) groups is 1. The highest BCUT2D eigenvalue weighted by molar-refractivity contribution is 8.14. The number of benzene rings is 3. The van der Waals surface area contributed by atoms with Crippen LogP contribution in [0, 0.1) is 6.92 Å². The second-order valence-corrected chi connectivity index (χ2v) is 9.45. The Morgan fingerprint density at radius 3 is 2.30 bits per heavy atom. The molecule has 0 bridgehead atoms. The third-order valence-corrected chi connectivity index (χ3v) is 7.05. The zero-order valence-electron chi connectivity index (χ0n) is 18.1. The molecule has 1 aliphatic heterocycles. The van der Waals surface area contributed by atoms with Gasteiger partial charge in [-0.05, 0) is 30.2 Å². The second kappa shape index (κ2) is 9.60. The van der Waals surface area contributed by atoms with E-state index >= 15 is 0 Å². The Balaban J connectivity index is 1.56. The Hall–Kier alpha value is -3.42. The monoisotopic (exact) mass is 470 g/mol. The normalized spacial score (nSPS) is 15.5. The van der Waals surface area contributed by atoms with Gasteiger partial charge in [-0.3, -0.25) is 14.3 Å². The Kier molecular flexibility index (Phi) is 6.24. The van der Waals surface area contributed by atoms with Crippen molar-refractivity contribution in [2.24, 2.45) is 10.2 Å². The number of aromatic nitrogens is 1. The molecule has 0 atom stereocenters. The van der Waals surface area contributed by atoms with Gasteiger partial charge in [-0.15, -0.1) is 21.5 Å². The molecule has 0 aliphatic carbocycles. The minimum atomic E-state index is 0.00950. The van der Waals surface area contributed by atoms with E-state index < -0.39 is 0 Å². The lowest BCUT2D eigenvalue weighted by atomic mass is 10.1. The molecule has 3 aromatic carbocycles. The SMILES string of the molecule is Cc1ccc(-c2cs/c(=N/N=C3\CSC(=O)N3Cc3ccccc3)n2-c2ccccc2)cc1. The molecule has 0 unspecified atom stereocenters. The zero-order valence-corrected chi connectivity index (χ0v) is 19.7. The van der Waals surface area contributed by atoms with Gasteiger partial charge in [-0.2, -0.15) is 0 Å². The molecule has 7 heteroatoms. The summed E-state index contributed by atoms with van der Waals surface area (Å²) in [5.41, 5.74) is 5.48. The molecular formula is C26H22N4OS2. The summed E-state index contributed by atoms with van der Waals surface area (Å²) in [6, 6.07) is 28.6. The lowest BCUT2D eigenvalue weighted by molar-refractivity contribution is 0.244. The van der Waals surface area contributed by atoms with Crippen LogP contribution in [0.25, 0.3) is 16.9 Å². The summed E-state index contributed by atoms with van der Waals surface area (Å²) in [5.74, 6) is 1.20. The summed E-state index contributed by atoms with van der Waals surface area (Å²) in [5, 5.41) is 11.3. The fourth-order valence-electron chi connectivity index (χ4n) is 3.63. The molecule has 164 valence electrons. The Bertz CT molecular complexity index is 1360. The maximum Gasteiger partial charge on any atom is 0.287 e. The lowest BCUT2D eigenvalue weighted by Crippen LogP contribution is -2.28. The molecule has 5 rings (SSSR count). The van der Waals surface area contributed by atoms with Crippen LogP contribution in [0.3, 0.4) is 0 Å². The molecule has 1 fully saturated rings. The molecule has 0 N–H and O–H groups in total. The van der Waals surface area contributed by atoms with E-state index in [4.69, 9.17) is 0 Å². The molecule has 2 heterocycles. The number of para-hydroxylation sites is 1. The van der Waals surface area contributed by atoms with E-state index in [1.54, 1.807) is 4.90 Å². The molecule has 1 amide bonds. The van der Waals surface area contributed by atoms with E-state index in [1.165, 1.54) is 28.7 Å². The summed E-state index contributed by atoms with van der Waals surface area (Å²) in [4.78, 5) is 14.9. The van der Waals surface area contributed by atoms with E-state index in [-0.39, 0.29) is 5.24 Å². The first kappa shape index (κ1) is 21.4. The minimum Gasteiger partial charge on any atom is -0.284 e. The number of amidine groups is 1. The maximum atomic E-state index is 12.5. The number of amides is 1. The van der Waals surface area contributed by atoms with E-state index in [2.05, 4.69) is 63.5 Å². The first-order chi connectivity index (χ1) is 16.2. The average molecular weight is 471 g/mol. The highest BCUT2D eigenvalue weighted by atomic mass is 32.2.